The van der Waals surface area contributed by atoms with Crippen LogP contribution in [-0.2, 0) is 10.2 Å². The van der Waals surface area contributed by atoms with Crippen LogP contribution in [0.15, 0.2) is 10.7 Å². The van der Waals surface area contributed by atoms with Crippen LogP contribution in [0, 0.1) is 3.70 Å². The molecule has 1 aliphatic heterocycles. The summed E-state index contributed by atoms with van der Waals surface area (Å²) in [4.78, 5) is 15.6. The average Bonchev–Trinajstić information content (AvgIpc) is 2.46. The topological polar surface area (TPSA) is 65.2 Å². The Bertz CT molecular complexity index is 452. The van der Waals surface area contributed by atoms with Gasteiger partial charge in [-0.15, -0.1) is 0 Å². The maximum Gasteiger partial charge on any atom is 0.231 e. The van der Waals surface area contributed by atoms with E-state index in [1.165, 1.54) is 0 Å². The van der Waals surface area contributed by atoms with E-state index in [2.05, 4.69) is 43.5 Å². The lowest BCUT2D eigenvalue weighted by molar-refractivity contribution is -0.123. The molecule has 1 atom stereocenters. The monoisotopic (exact) mass is 382 g/mol. The van der Waals surface area contributed by atoms with Crippen LogP contribution in [0.5, 0.6) is 5.75 Å². The van der Waals surface area contributed by atoms with Gasteiger partial charge < -0.3 is 10.5 Å². The van der Waals surface area contributed by atoms with Crippen LogP contribution in [0.2, 0.25) is 0 Å². The van der Waals surface area contributed by atoms with E-state index in [-0.39, 0.29) is 12.5 Å². The summed E-state index contributed by atoms with van der Waals surface area (Å²) in [7, 11) is 0. The summed E-state index contributed by atoms with van der Waals surface area (Å²) >= 11 is 5.40. The second-order valence-corrected chi connectivity index (χ2v) is 5.45. The predicted molar refractivity (Wildman–Crippen MR) is 66.7 cm³/mol. The van der Waals surface area contributed by atoms with Crippen molar-refractivity contribution < 1.29 is 9.53 Å². The first-order chi connectivity index (χ1) is 6.95. The molecule has 6 heteroatoms. The van der Waals surface area contributed by atoms with Gasteiger partial charge in [-0.3, -0.25) is 4.79 Å². The molecule has 1 aliphatic rings. The predicted octanol–water partition coefficient (Wildman–Crippen LogP) is 1.58. The lowest BCUT2D eigenvalue weighted by atomic mass is 9.84. The third-order valence-corrected chi connectivity index (χ3v) is 3.63. The molecule has 2 N–H and O–H groups in total. The lowest BCUT2D eigenvalue weighted by Crippen LogP contribution is -2.39. The number of pyridine rings is 1. The number of nitrogens with two attached hydrogens (primary N) is 1. The van der Waals surface area contributed by atoms with Gasteiger partial charge in [-0.2, -0.15) is 0 Å². The van der Waals surface area contributed by atoms with E-state index in [1.54, 1.807) is 6.92 Å². The zero-order chi connectivity index (χ0) is 11.2. The number of nitrogens with zero attached hydrogens (tertiary/aromatic N) is 1. The first-order valence-corrected chi connectivity index (χ1v) is 6.11. The minimum atomic E-state index is -0.749. The van der Waals surface area contributed by atoms with Gasteiger partial charge >= 0.3 is 0 Å². The molecule has 0 saturated heterocycles. The minimum Gasteiger partial charge on any atom is -0.489 e. The van der Waals surface area contributed by atoms with Gasteiger partial charge in [0.05, 0.1) is 0 Å². The van der Waals surface area contributed by atoms with E-state index in [0.29, 0.717) is 10.4 Å². The maximum absolute atomic E-state index is 11.4. The fourth-order valence-electron chi connectivity index (χ4n) is 1.52. The van der Waals surface area contributed by atoms with Crippen LogP contribution in [0.1, 0.15) is 12.5 Å². The molecule has 0 unspecified atom stereocenters. The molecule has 0 saturated carbocycles. The first kappa shape index (κ1) is 11.1. The highest BCUT2D eigenvalue weighted by Crippen LogP contribution is 2.42. The Morgan fingerprint density at radius 2 is 2.47 bits per heavy atom. The Balaban J connectivity index is 2.65. The molecule has 2 heterocycles. The Hall–Kier alpha value is -0.370. The number of halogens is 2. The van der Waals surface area contributed by atoms with Gasteiger partial charge in [-0.05, 0) is 51.5 Å². The SMILES string of the molecule is C[C@]1(C(N)=O)COc2c1cc(I)nc2Br. The van der Waals surface area contributed by atoms with Gasteiger partial charge in [0.1, 0.15) is 20.3 Å². The van der Waals surface area contributed by atoms with E-state index >= 15 is 0 Å². The standard InChI is InChI=1S/C9H8BrIN2O2/c1-9(8(12)14)3-15-6-4(9)2-5(11)13-7(6)10/h2H,3H2,1H3,(H2,12,14)/t9-/m0/s1. The minimum absolute atomic E-state index is 0.276. The second kappa shape index (κ2) is 3.58. The van der Waals surface area contributed by atoms with Gasteiger partial charge in [-0.25, -0.2) is 4.98 Å². The molecule has 2 rings (SSSR count). The molecule has 0 aliphatic carbocycles. The van der Waals surface area contributed by atoms with Gasteiger partial charge in [0.25, 0.3) is 0 Å². The zero-order valence-electron chi connectivity index (χ0n) is 7.88. The number of amides is 1. The third kappa shape index (κ3) is 1.63. The van der Waals surface area contributed by atoms with Crippen LogP contribution >= 0.6 is 38.5 Å². The van der Waals surface area contributed by atoms with Gasteiger partial charge in [-0.1, -0.05) is 0 Å². The molecular formula is C9H8BrIN2O2. The second-order valence-electron chi connectivity index (χ2n) is 3.60. The van der Waals surface area contributed by atoms with Crippen LogP contribution in [-0.4, -0.2) is 17.5 Å². The summed E-state index contributed by atoms with van der Waals surface area (Å²) in [6, 6.07) is 1.83. The van der Waals surface area contributed by atoms with E-state index < -0.39 is 5.41 Å². The summed E-state index contributed by atoms with van der Waals surface area (Å²) in [6.07, 6.45) is 0. The number of aromatic nitrogens is 1. The number of fused-ring (bicyclic) bond motifs is 1. The molecule has 0 spiro atoms. The Morgan fingerprint density at radius 3 is 3.07 bits per heavy atom. The fraction of sp³-hybridized carbons (Fsp3) is 0.333. The number of carbonyl (C=O) groups is 1. The van der Waals surface area contributed by atoms with Crippen LogP contribution < -0.4 is 10.5 Å². The average molecular weight is 383 g/mol. The molecule has 0 radical (unpaired) electrons. The van der Waals surface area contributed by atoms with Crippen molar-refractivity contribution in [2.45, 2.75) is 12.3 Å². The summed E-state index contributed by atoms with van der Waals surface area (Å²) in [5, 5.41) is 0. The quantitative estimate of drug-likeness (QED) is 0.592. The summed E-state index contributed by atoms with van der Waals surface area (Å²) in [5.74, 6) is 0.242. The van der Waals surface area contributed by atoms with Gasteiger partial charge in [0, 0.05) is 5.56 Å². The van der Waals surface area contributed by atoms with Crippen LogP contribution in [0.25, 0.3) is 0 Å². The summed E-state index contributed by atoms with van der Waals surface area (Å²) < 4.78 is 6.87. The smallest absolute Gasteiger partial charge is 0.231 e. The number of ether oxygens (including phenoxy) is 1. The van der Waals surface area contributed by atoms with Gasteiger partial charge in [0.15, 0.2) is 5.75 Å². The molecule has 0 fully saturated rings. The highest BCUT2D eigenvalue weighted by molar-refractivity contribution is 14.1. The van der Waals surface area contributed by atoms with Crippen LogP contribution in [0.3, 0.4) is 0 Å². The third-order valence-electron chi connectivity index (χ3n) is 2.54. The number of rotatable bonds is 1. The number of hydrogen-bond donors (Lipinski definition) is 1. The Kier molecular flexibility index (Phi) is 2.66. The van der Waals surface area contributed by atoms with Crippen molar-refractivity contribution in [2.24, 2.45) is 5.73 Å². The molecule has 0 aromatic carbocycles. The Morgan fingerprint density at radius 1 is 1.80 bits per heavy atom. The molecule has 1 aromatic heterocycles. The van der Waals surface area contributed by atoms with Crippen molar-refractivity contribution in [3.05, 3.63) is 19.9 Å². The molecule has 1 aromatic rings. The van der Waals surface area contributed by atoms with Crippen molar-refractivity contribution in [3.8, 4) is 5.75 Å². The van der Waals surface area contributed by atoms with E-state index in [4.69, 9.17) is 10.5 Å². The highest BCUT2D eigenvalue weighted by atomic mass is 127. The fourth-order valence-corrected chi connectivity index (χ4v) is 2.92. The van der Waals surface area contributed by atoms with Crippen molar-refractivity contribution in [1.82, 2.24) is 4.98 Å². The van der Waals surface area contributed by atoms with E-state index in [1.807, 2.05) is 6.07 Å². The molecule has 15 heavy (non-hydrogen) atoms. The molecule has 0 bridgehead atoms. The first-order valence-electron chi connectivity index (χ1n) is 4.24. The lowest BCUT2D eigenvalue weighted by Gasteiger charge is -2.17. The molecule has 80 valence electrons. The molecular weight excluding hydrogens is 375 g/mol. The maximum atomic E-state index is 11.4. The van der Waals surface area contributed by atoms with Crippen molar-refractivity contribution in [2.75, 3.05) is 6.61 Å². The Labute approximate surface area is 109 Å². The number of primary amides is 1. The number of carbonyl (C=O) groups excluding carboxylic acids is 1. The molecule has 1 amide bonds. The van der Waals surface area contributed by atoms with E-state index in [0.717, 1.165) is 9.26 Å². The van der Waals surface area contributed by atoms with Crippen LogP contribution in [0.4, 0.5) is 0 Å². The molecule has 4 nitrogen and oxygen atoms in total. The van der Waals surface area contributed by atoms with Crippen molar-refractivity contribution in [1.29, 1.82) is 0 Å². The normalized spacial score (nSPS) is 23.4. The van der Waals surface area contributed by atoms with Crippen molar-refractivity contribution >= 4 is 44.4 Å². The summed E-state index contributed by atoms with van der Waals surface area (Å²) in [6.45, 7) is 2.06. The van der Waals surface area contributed by atoms with E-state index in [9.17, 15) is 4.79 Å². The zero-order valence-corrected chi connectivity index (χ0v) is 11.6. The van der Waals surface area contributed by atoms with Crippen molar-refractivity contribution in [3.63, 3.8) is 0 Å². The largest absolute Gasteiger partial charge is 0.489 e. The number of hydrogen-bond acceptors (Lipinski definition) is 3. The van der Waals surface area contributed by atoms with Gasteiger partial charge in [0.2, 0.25) is 5.91 Å². The summed E-state index contributed by atoms with van der Waals surface area (Å²) in [5.41, 5.74) is 5.45. The highest BCUT2D eigenvalue weighted by Gasteiger charge is 2.43.